The maximum atomic E-state index is 14.4. The van der Waals surface area contributed by atoms with Gasteiger partial charge in [0.25, 0.3) is 0 Å². The molecule has 3 aromatic rings. The molecule has 1 heterocycles. The zero-order valence-corrected chi connectivity index (χ0v) is 16.3. The molecule has 0 aliphatic carbocycles. The number of hydrogen-bond donors (Lipinski definition) is 1. The number of aromatic nitrogens is 2. The molecule has 30 heavy (non-hydrogen) atoms. The Hall–Kier alpha value is -3.78. The lowest BCUT2D eigenvalue weighted by atomic mass is 10.2. The standard InChI is InChI=1S/C19H14F2N4O4S/c1-24(19(26)27)11-14-9-18(25(23-14)17-8-13(20)5-6-16(17)21)30(28,29)15-4-2-3-12(7-15)10-22/h2-9H,11H2,1H3,(H,26,27). The van der Waals surface area contributed by atoms with Gasteiger partial charge in [-0.05, 0) is 30.3 Å². The summed E-state index contributed by atoms with van der Waals surface area (Å²) in [5.41, 5.74) is -0.377. The molecule has 8 nitrogen and oxygen atoms in total. The number of hydrogen-bond acceptors (Lipinski definition) is 5. The number of sulfone groups is 1. The number of benzene rings is 2. The Balaban J connectivity index is 2.23. The van der Waals surface area contributed by atoms with Crippen molar-refractivity contribution in [3.63, 3.8) is 0 Å². The average molecular weight is 432 g/mol. The molecule has 0 bridgehead atoms. The monoisotopic (exact) mass is 432 g/mol. The van der Waals surface area contributed by atoms with Crippen LogP contribution < -0.4 is 0 Å². The molecule has 0 saturated heterocycles. The minimum absolute atomic E-state index is 0.00132. The maximum absolute atomic E-state index is 14.4. The first-order chi connectivity index (χ1) is 14.1. The van der Waals surface area contributed by atoms with Crippen molar-refractivity contribution >= 4 is 15.9 Å². The fourth-order valence-corrected chi connectivity index (χ4v) is 4.10. The topological polar surface area (TPSA) is 116 Å². The highest BCUT2D eigenvalue weighted by molar-refractivity contribution is 7.91. The molecular weight excluding hydrogens is 418 g/mol. The van der Waals surface area contributed by atoms with Crippen molar-refractivity contribution < 1.29 is 27.1 Å². The molecule has 2 aromatic carbocycles. The van der Waals surface area contributed by atoms with Crippen molar-refractivity contribution in [1.29, 1.82) is 5.26 Å². The Kier molecular flexibility index (Phi) is 5.53. The molecule has 11 heteroatoms. The second-order valence-corrected chi connectivity index (χ2v) is 8.16. The van der Waals surface area contributed by atoms with Crippen LogP contribution >= 0.6 is 0 Å². The van der Waals surface area contributed by atoms with Gasteiger partial charge < -0.3 is 10.0 Å². The number of carboxylic acid groups (broad SMARTS) is 1. The van der Waals surface area contributed by atoms with Gasteiger partial charge in [-0.25, -0.2) is 26.7 Å². The Morgan fingerprint density at radius 3 is 2.63 bits per heavy atom. The van der Waals surface area contributed by atoms with Crippen LogP contribution in [0.25, 0.3) is 5.69 Å². The van der Waals surface area contributed by atoms with Crippen LogP contribution in [0.3, 0.4) is 0 Å². The number of nitrogens with zero attached hydrogens (tertiary/aromatic N) is 4. The van der Waals surface area contributed by atoms with E-state index in [1.807, 2.05) is 6.07 Å². The van der Waals surface area contributed by atoms with Gasteiger partial charge in [0.2, 0.25) is 9.84 Å². The lowest BCUT2D eigenvalue weighted by molar-refractivity contribution is 0.153. The fourth-order valence-electron chi connectivity index (χ4n) is 2.66. The molecule has 0 radical (unpaired) electrons. The molecule has 3 rings (SSSR count). The minimum Gasteiger partial charge on any atom is -0.465 e. The van der Waals surface area contributed by atoms with Crippen LogP contribution in [0.4, 0.5) is 13.6 Å². The van der Waals surface area contributed by atoms with Gasteiger partial charge in [-0.2, -0.15) is 10.4 Å². The van der Waals surface area contributed by atoms with E-state index in [-0.39, 0.29) is 22.7 Å². The lowest BCUT2D eigenvalue weighted by Gasteiger charge is -2.10. The van der Waals surface area contributed by atoms with E-state index in [1.165, 1.54) is 25.2 Å². The molecule has 0 atom stereocenters. The molecule has 154 valence electrons. The van der Waals surface area contributed by atoms with Crippen molar-refractivity contribution in [2.45, 2.75) is 16.5 Å². The van der Waals surface area contributed by atoms with Gasteiger partial charge in [-0.3, -0.25) is 0 Å². The smallest absolute Gasteiger partial charge is 0.407 e. The molecule has 1 N–H and O–H groups in total. The van der Waals surface area contributed by atoms with E-state index in [4.69, 9.17) is 10.4 Å². The largest absolute Gasteiger partial charge is 0.465 e. The molecule has 0 fully saturated rings. The third-order valence-electron chi connectivity index (χ3n) is 4.14. The van der Waals surface area contributed by atoms with E-state index >= 15 is 0 Å². The summed E-state index contributed by atoms with van der Waals surface area (Å²) in [5, 5.41) is 21.6. The highest BCUT2D eigenvalue weighted by atomic mass is 32.2. The normalized spacial score (nSPS) is 11.1. The predicted molar refractivity (Wildman–Crippen MR) is 99.6 cm³/mol. The van der Waals surface area contributed by atoms with E-state index in [0.29, 0.717) is 4.68 Å². The molecule has 0 aliphatic heterocycles. The second kappa shape index (κ2) is 7.92. The van der Waals surface area contributed by atoms with Crippen LogP contribution in [0.5, 0.6) is 0 Å². The van der Waals surface area contributed by atoms with Gasteiger partial charge >= 0.3 is 6.09 Å². The van der Waals surface area contributed by atoms with E-state index < -0.39 is 38.3 Å². The Labute approximate surface area is 170 Å². The third-order valence-corrected chi connectivity index (χ3v) is 5.85. The van der Waals surface area contributed by atoms with Crippen LogP contribution in [0.15, 0.2) is 58.5 Å². The lowest BCUT2D eigenvalue weighted by Crippen LogP contribution is -2.24. The third kappa shape index (κ3) is 3.99. The number of carbonyl (C=O) groups is 1. The zero-order valence-electron chi connectivity index (χ0n) is 15.5. The number of rotatable bonds is 5. The van der Waals surface area contributed by atoms with Gasteiger partial charge in [0.05, 0.1) is 28.8 Å². The summed E-state index contributed by atoms with van der Waals surface area (Å²) >= 11 is 0. The summed E-state index contributed by atoms with van der Waals surface area (Å²) in [6, 6.07) is 10.5. The van der Waals surface area contributed by atoms with Gasteiger partial charge in [0, 0.05) is 19.2 Å². The highest BCUT2D eigenvalue weighted by Crippen LogP contribution is 2.27. The van der Waals surface area contributed by atoms with Crippen LogP contribution in [0, 0.1) is 23.0 Å². The van der Waals surface area contributed by atoms with Crippen molar-refractivity contribution in [2.75, 3.05) is 7.05 Å². The molecule has 1 amide bonds. The summed E-state index contributed by atoms with van der Waals surface area (Å²) in [4.78, 5) is 11.7. The zero-order chi connectivity index (χ0) is 22.1. The molecule has 0 unspecified atom stereocenters. The van der Waals surface area contributed by atoms with E-state index in [9.17, 15) is 22.0 Å². The molecule has 0 aliphatic rings. The Bertz CT molecular complexity index is 1280. The molecular formula is C19H14F2N4O4S. The summed E-state index contributed by atoms with van der Waals surface area (Å²) < 4.78 is 55.2. The van der Waals surface area contributed by atoms with E-state index in [1.54, 1.807) is 0 Å². The van der Waals surface area contributed by atoms with E-state index in [0.717, 1.165) is 35.2 Å². The SMILES string of the molecule is CN(Cc1cc(S(=O)(=O)c2cccc(C#N)c2)n(-c2cc(F)ccc2F)n1)C(=O)O. The van der Waals surface area contributed by atoms with Crippen LogP contribution in [-0.4, -0.2) is 41.3 Å². The summed E-state index contributed by atoms with van der Waals surface area (Å²) in [7, 11) is -3.08. The van der Waals surface area contributed by atoms with Gasteiger partial charge in [-0.1, -0.05) is 6.07 Å². The van der Waals surface area contributed by atoms with E-state index in [2.05, 4.69) is 5.10 Å². The fraction of sp³-hybridized carbons (Fsp3) is 0.105. The maximum Gasteiger partial charge on any atom is 0.407 e. The summed E-state index contributed by atoms with van der Waals surface area (Å²) in [6.45, 7) is -0.292. The quantitative estimate of drug-likeness (QED) is 0.663. The van der Waals surface area contributed by atoms with Crippen molar-refractivity contribution in [3.05, 3.63) is 71.4 Å². The van der Waals surface area contributed by atoms with Crippen molar-refractivity contribution in [1.82, 2.24) is 14.7 Å². The van der Waals surface area contributed by atoms with Crippen LogP contribution in [0.2, 0.25) is 0 Å². The Morgan fingerprint density at radius 2 is 1.97 bits per heavy atom. The number of halogens is 2. The molecule has 0 saturated carbocycles. The van der Waals surface area contributed by atoms with Gasteiger partial charge in [0.1, 0.15) is 17.3 Å². The van der Waals surface area contributed by atoms with Crippen LogP contribution in [-0.2, 0) is 16.4 Å². The first-order valence-electron chi connectivity index (χ1n) is 8.37. The van der Waals surface area contributed by atoms with Gasteiger partial charge in [-0.15, -0.1) is 0 Å². The van der Waals surface area contributed by atoms with Gasteiger partial charge in [0.15, 0.2) is 5.03 Å². The number of amides is 1. The molecule has 0 spiro atoms. The minimum atomic E-state index is -4.32. The van der Waals surface area contributed by atoms with Crippen molar-refractivity contribution in [3.8, 4) is 11.8 Å². The average Bonchev–Trinajstić information content (AvgIpc) is 3.14. The second-order valence-electron chi connectivity index (χ2n) is 6.26. The Morgan fingerprint density at radius 1 is 1.23 bits per heavy atom. The summed E-state index contributed by atoms with van der Waals surface area (Å²) in [5.74, 6) is -1.75. The number of nitriles is 1. The van der Waals surface area contributed by atoms with Crippen molar-refractivity contribution in [2.24, 2.45) is 0 Å². The first-order valence-corrected chi connectivity index (χ1v) is 9.85. The highest BCUT2D eigenvalue weighted by Gasteiger charge is 2.27. The predicted octanol–water partition coefficient (Wildman–Crippen LogP) is 2.96. The summed E-state index contributed by atoms with van der Waals surface area (Å²) in [6.07, 6.45) is -1.28. The first kappa shape index (κ1) is 20.9. The van der Waals surface area contributed by atoms with Crippen LogP contribution in [0.1, 0.15) is 11.3 Å². The molecule has 1 aromatic heterocycles.